The summed E-state index contributed by atoms with van der Waals surface area (Å²) in [6, 6.07) is 12.3. The predicted octanol–water partition coefficient (Wildman–Crippen LogP) is 3.74. The first-order valence-corrected chi connectivity index (χ1v) is 7.84. The van der Waals surface area contributed by atoms with Crippen molar-refractivity contribution in [2.24, 2.45) is 0 Å². The largest absolute Gasteiger partial charge is 0.496 e. The van der Waals surface area contributed by atoms with E-state index in [0.717, 1.165) is 0 Å². The Labute approximate surface area is 144 Å². The number of carbonyl (C=O) groups is 1. The Bertz CT molecular complexity index is 1000. The average molecular weight is 338 g/mol. The summed E-state index contributed by atoms with van der Waals surface area (Å²) in [5.41, 5.74) is 1.45. The van der Waals surface area contributed by atoms with Crippen LogP contribution >= 0.6 is 0 Å². The third kappa shape index (κ3) is 3.26. The Morgan fingerprint density at radius 2 is 1.92 bits per heavy atom. The van der Waals surface area contributed by atoms with E-state index in [9.17, 15) is 9.59 Å². The molecule has 128 valence electrons. The minimum absolute atomic E-state index is 0.0198. The lowest BCUT2D eigenvalue weighted by atomic mass is 10.0. The van der Waals surface area contributed by atoms with Crippen LogP contribution in [0, 0.1) is 6.92 Å². The molecule has 0 fully saturated rings. The average Bonchev–Trinajstić information content (AvgIpc) is 2.60. The van der Waals surface area contributed by atoms with Crippen LogP contribution in [0.15, 0.2) is 51.7 Å². The third-order valence-electron chi connectivity index (χ3n) is 3.86. The maximum atomic E-state index is 13.0. The molecule has 1 aromatic heterocycles. The van der Waals surface area contributed by atoms with E-state index in [4.69, 9.17) is 13.9 Å². The highest BCUT2D eigenvalue weighted by molar-refractivity contribution is 5.85. The number of hydrogen-bond acceptors (Lipinski definition) is 5. The standard InChI is InChI=1S/C20H18O5/c1-12(21)11-24-14-8-9-16-18(10-14)25-13(2)19(20(16)22)15-6-4-5-7-17(15)23-3/h4-10H,11H2,1-3H3. The molecular weight excluding hydrogens is 320 g/mol. The van der Waals surface area contributed by atoms with Gasteiger partial charge in [0.05, 0.1) is 18.1 Å². The smallest absolute Gasteiger partial charge is 0.200 e. The minimum atomic E-state index is -0.138. The maximum absolute atomic E-state index is 13.0. The van der Waals surface area contributed by atoms with Crippen molar-refractivity contribution in [3.05, 3.63) is 58.4 Å². The van der Waals surface area contributed by atoms with Crippen LogP contribution in [0.3, 0.4) is 0 Å². The van der Waals surface area contributed by atoms with Gasteiger partial charge in [0.2, 0.25) is 5.43 Å². The van der Waals surface area contributed by atoms with Crippen molar-refractivity contribution in [1.29, 1.82) is 0 Å². The van der Waals surface area contributed by atoms with Crippen LogP contribution in [-0.2, 0) is 4.79 Å². The number of fused-ring (bicyclic) bond motifs is 1. The number of rotatable bonds is 5. The number of aryl methyl sites for hydroxylation is 1. The molecule has 1 heterocycles. The molecule has 3 rings (SSSR count). The summed E-state index contributed by atoms with van der Waals surface area (Å²) in [6.07, 6.45) is 0. The topological polar surface area (TPSA) is 65.7 Å². The molecule has 2 aromatic carbocycles. The zero-order valence-electron chi connectivity index (χ0n) is 14.3. The highest BCUT2D eigenvalue weighted by atomic mass is 16.5. The Kier molecular flexibility index (Phi) is 4.57. The molecule has 0 bridgehead atoms. The molecule has 0 saturated carbocycles. The first-order chi connectivity index (χ1) is 12.0. The van der Waals surface area contributed by atoms with Gasteiger partial charge in [-0.3, -0.25) is 9.59 Å². The van der Waals surface area contributed by atoms with E-state index in [1.54, 1.807) is 38.3 Å². The molecule has 0 atom stereocenters. The Balaban J connectivity index is 2.15. The van der Waals surface area contributed by atoms with Gasteiger partial charge in [0.25, 0.3) is 0 Å². The second-order valence-electron chi connectivity index (χ2n) is 5.71. The molecule has 0 aliphatic heterocycles. The van der Waals surface area contributed by atoms with E-state index in [-0.39, 0.29) is 17.8 Å². The van der Waals surface area contributed by atoms with Gasteiger partial charge in [-0.25, -0.2) is 0 Å². The summed E-state index contributed by atoms with van der Waals surface area (Å²) in [6.45, 7) is 3.17. The van der Waals surface area contributed by atoms with Crippen molar-refractivity contribution in [3.63, 3.8) is 0 Å². The highest BCUT2D eigenvalue weighted by Gasteiger charge is 2.17. The number of benzene rings is 2. The number of Topliss-reactive ketones (excluding diaryl/α,β-unsaturated/α-hetero) is 1. The molecule has 0 unspecified atom stereocenters. The van der Waals surface area contributed by atoms with Crippen molar-refractivity contribution < 1.29 is 18.7 Å². The van der Waals surface area contributed by atoms with Gasteiger partial charge in [-0.15, -0.1) is 0 Å². The van der Waals surface area contributed by atoms with E-state index >= 15 is 0 Å². The predicted molar refractivity (Wildman–Crippen MR) is 95.4 cm³/mol. The van der Waals surface area contributed by atoms with Gasteiger partial charge < -0.3 is 13.9 Å². The van der Waals surface area contributed by atoms with Crippen LogP contribution in [0.4, 0.5) is 0 Å². The van der Waals surface area contributed by atoms with Crippen molar-refractivity contribution >= 4 is 16.8 Å². The van der Waals surface area contributed by atoms with Crippen molar-refractivity contribution in [1.82, 2.24) is 0 Å². The van der Waals surface area contributed by atoms with E-state index < -0.39 is 0 Å². The molecular formula is C20H18O5. The van der Waals surface area contributed by atoms with Gasteiger partial charge in [-0.2, -0.15) is 0 Å². The Morgan fingerprint density at radius 3 is 2.64 bits per heavy atom. The van der Waals surface area contributed by atoms with Gasteiger partial charge in [-0.1, -0.05) is 18.2 Å². The number of methoxy groups -OCH3 is 1. The monoisotopic (exact) mass is 338 g/mol. The quantitative estimate of drug-likeness (QED) is 0.709. The van der Waals surface area contributed by atoms with Gasteiger partial charge in [0, 0.05) is 11.6 Å². The lowest BCUT2D eigenvalue weighted by Gasteiger charge is -2.11. The van der Waals surface area contributed by atoms with Crippen LogP contribution < -0.4 is 14.9 Å². The number of para-hydroxylation sites is 1. The summed E-state index contributed by atoms with van der Waals surface area (Å²) in [4.78, 5) is 24.0. The van der Waals surface area contributed by atoms with E-state index in [1.807, 2.05) is 18.2 Å². The second-order valence-corrected chi connectivity index (χ2v) is 5.71. The van der Waals surface area contributed by atoms with Crippen molar-refractivity contribution in [3.8, 4) is 22.6 Å². The zero-order chi connectivity index (χ0) is 18.0. The van der Waals surface area contributed by atoms with Gasteiger partial charge >= 0.3 is 0 Å². The molecule has 25 heavy (non-hydrogen) atoms. The lowest BCUT2D eigenvalue weighted by Crippen LogP contribution is -2.09. The molecule has 0 aliphatic carbocycles. The fraction of sp³-hybridized carbons (Fsp3) is 0.200. The Morgan fingerprint density at radius 1 is 1.16 bits per heavy atom. The maximum Gasteiger partial charge on any atom is 0.200 e. The minimum Gasteiger partial charge on any atom is -0.496 e. The van der Waals surface area contributed by atoms with Crippen LogP contribution in [0.5, 0.6) is 11.5 Å². The van der Waals surface area contributed by atoms with Gasteiger partial charge in [0.1, 0.15) is 29.4 Å². The normalized spacial score (nSPS) is 10.7. The zero-order valence-corrected chi connectivity index (χ0v) is 14.3. The summed E-state index contributed by atoms with van der Waals surface area (Å²) >= 11 is 0. The molecule has 0 spiro atoms. The SMILES string of the molecule is COc1ccccc1-c1c(C)oc2cc(OCC(C)=O)ccc2c1=O. The molecule has 5 nitrogen and oxygen atoms in total. The van der Waals surface area contributed by atoms with Crippen LogP contribution in [0.1, 0.15) is 12.7 Å². The molecule has 0 aliphatic rings. The number of ether oxygens (including phenoxy) is 2. The van der Waals surface area contributed by atoms with E-state index in [1.165, 1.54) is 6.92 Å². The summed E-state index contributed by atoms with van der Waals surface area (Å²) < 4.78 is 16.6. The number of hydrogen-bond donors (Lipinski definition) is 0. The summed E-state index contributed by atoms with van der Waals surface area (Å²) in [7, 11) is 1.56. The molecule has 0 radical (unpaired) electrons. The molecule has 0 N–H and O–H groups in total. The molecule has 0 amide bonds. The van der Waals surface area contributed by atoms with Crippen molar-refractivity contribution in [2.75, 3.05) is 13.7 Å². The first kappa shape index (κ1) is 16.8. The third-order valence-corrected chi connectivity index (χ3v) is 3.86. The summed E-state index contributed by atoms with van der Waals surface area (Å²) in [5.74, 6) is 1.50. The van der Waals surface area contributed by atoms with Crippen molar-refractivity contribution in [2.45, 2.75) is 13.8 Å². The summed E-state index contributed by atoms with van der Waals surface area (Å²) in [5, 5.41) is 0.446. The van der Waals surface area contributed by atoms with Crippen LogP contribution in [-0.4, -0.2) is 19.5 Å². The molecule has 0 saturated heterocycles. The highest BCUT2D eigenvalue weighted by Crippen LogP contribution is 2.32. The van der Waals surface area contributed by atoms with E-state index in [0.29, 0.717) is 39.4 Å². The fourth-order valence-corrected chi connectivity index (χ4v) is 2.72. The second kappa shape index (κ2) is 6.81. The van der Waals surface area contributed by atoms with Gasteiger partial charge in [0.15, 0.2) is 5.78 Å². The van der Waals surface area contributed by atoms with Crippen LogP contribution in [0.25, 0.3) is 22.1 Å². The number of carbonyl (C=O) groups excluding carboxylic acids is 1. The fourth-order valence-electron chi connectivity index (χ4n) is 2.72. The molecule has 5 heteroatoms. The van der Waals surface area contributed by atoms with Crippen LogP contribution in [0.2, 0.25) is 0 Å². The number of ketones is 1. The first-order valence-electron chi connectivity index (χ1n) is 7.84. The Hall–Kier alpha value is -3.08. The molecule has 3 aromatic rings. The lowest BCUT2D eigenvalue weighted by molar-refractivity contribution is -0.118. The van der Waals surface area contributed by atoms with Gasteiger partial charge in [-0.05, 0) is 32.0 Å². The van der Waals surface area contributed by atoms with E-state index in [2.05, 4.69) is 0 Å².